The summed E-state index contributed by atoms with van der Waals surface area (Å²) in [6.07, 6.45) is 3.43. The smallest absolute Gasteiger partial charge is 0.287 e. The molecule has 0 aromatic carbocycles. The number of carbonyl (C=O) groups is 1. The van der Waals surface area contributed by atoms with Gasteiger partial charge in [-0.25, -0.2) is 13.6 Å². The molecule has 1 aliphatic carbocycles. The largest absolute Gasteiger partial charge is 0.443 e. The summed E-state index contributed by atoms with van der Waals surface area (Å²) >= 11 is 2.92. The van der Waals surface area contributed by atoms with Crippen molar-refractivity contribution >= 4 is 31.9 Å². The highest BCUT2D eigenvalue weighted by atomic mass is 79.9. The molecular weight excluding hydrogens is 324 g/mol. The molecule has 0 atom stereocenters. The molecule has 0 saturated heterocycles. The molecular formula is C10H13BrN2O4S. The Balaban J connectivity index is 2.06. The molecule has 2 rings (SSSR count). The molecule has 1 heterocycles. The number of amides is 1. The number of carbonyl (C=O) groups excluding carboxylic acids is 1. The lowest BCUT2D eigenvalue weighted by molar-refractivity contribution is 0.0910. The number of hydrogen-bond donors (Lipinski definition) is 2. The van der Waals surface area contributed by atoms with Crippen molar-refractivity contribution in [3.8, 4) is 0 Å². The van der Waals surface area contributed by atoms with Gasteiger partial charge in [0, 0.05) is 12.6 Å². The molecule has 1 aliphatic rings. The van der Waals surface area contributed by atoms with Crippen LogP contribution in [0.15, 0.2) is 20.0 Å². The fraction of sp³-hybridized carbons (Fsp3) is 0.500. The van der Waals surface area contributed by atoms with E-state index in [0.717, 1.165) is 18.9 Å². The van der Waals surface area contributed by atoms with Gasteiger partial charge in [0.05, 0.1) is 0 Å². The molecule has 0 unspecified atom stereocenters. The van der Waals surface area contributed by atoms with E-state index >= 15 is 0 Å². The Labute approximate surface area is 113 Å². The molecule has 18 heavy (non-hydrogen) atoms. The third-order valence-corrected chi connectivity index (χ3v) is 4.73. The van der Waals surface area contributed by atoms with E-state index in [-0.39, 0.29) is 15.3 Å². The van der Waals surface area contributed by atoms with Crippen LogP contribution in [0.4, 0.5) is 0 Å². The van der Waals surface area contributed by atoms with Crippen LogP contribution in [-0.2, 0) is 10.0 Å². The van der Waals surface area contributed by atoms with Crippen LogP contribution < -0.4 is 10.5 Å². The van der Waals surface area contributed by atoms with Crippen molar-refractivity contribution in [1.29, 1.82) is 0 Å². The van der Waals surface area contributed by atoms with E-state index in [1.807, 2.05) is 0 Å². The number of furan rings is 1. The Kier molecular flexibility index (Phi) is 3.79. The van der Waals surface area contributed by atoms with E-state index in [4.69, 9.17) is 9.56 Å². The van der Waals surface area contributed by atoms with Crippen molar-refractivity contribution in [2.75, 3.05) is 6.54 Å². The molecule has 1 aromatic heterocycles. The van der Waals surface area contributed by atoms with Crippen molar-refractivity contribution in [3.63, 3.8) is 0 Å². The van der Waals surface area contributed by atoms with E-state index in [1.165, 1.54) is 6.42 Å². The highest BCUT2D eigenvalue weighted by molar-refractivity contribution is 9.10. The lowest BCUT2D eigenvalue weighted by atomic mass is 9.85. The first-order valence-corrected chi connectivity index (χ1v) is 7.82. The van der Waals surface area contributed by atoms with Crippen molar-refractivity contribution in [3.05, 3.63) is 16.5 Å². The average molecular weight is 337 g/mol. The second-order valence-corrected chi connectivity index (χ2v) is 6.55. The normalized spacial score (nSPS) is 16.3. The number of sulfonamides is 1. The minimum absolute atomic E-state index is 0.0567. The van der Waals surface area contributed by atoms with Crippen LogP contribution in [0, 0.1) is 5.92 Å². The van der Waals surface area contributed by atoms with Gasteiger partial charge in [0.1, 0.15) is 4.90 Å². The van der Waals surface area contributed by atoms with Crippen LogP contribution in [-0.4, -0.2) is 20.9 Å². The number of nitrogens with two attached hydrogens (primary N) is 1. The van der Waals surface area contributed by atoms with Gasteiger partial charge < -0.3 is 9.73 Å². The van der Waals surface area contributed by atoms with Gasteiger partial charge in [-0.3, -0.25) is 4.79 Å². The number of rotatable bonds is 4. The summed E-state index contributed by atoms with van der Waals surface area (Å²) in [5.41, 5.74) is 0. The van der Waals surface area contributed by atoms with Crippen molar-refractivity contribution in [1.82, 2.24) is 5.32 Å². The van der Waals surface area contributed by atoms with E-state index in [2.05, 4.69) is 21.2 Å². The summed E-state index contributed by atoms with van der Waals surface area (Å²) in [4.78, 5) is 11.5. The third-order valence-electron chi connectivity index (χ3n) is 2.96. The van der Waals surface area contributed by atoms with Crippen LogP contribution in [0.3, 0.4) is 0 Å². The predicted octanol–water partition coefficient (Wildman–Crippen LogP) is 1.22. The first-order valence-electron chi connectivity index (χ1n) is 5.48. The van der Waals surface area contributed by atoms with Crippen LogP contribution in [0.1, 0.15) is 29.8 Å². The summed E-state index contributed by atoms with van der Waals surface area (Å²) in [5, 5.41) is 7.68. The average Bonchev–Trinajstić information content (AvgIpc) is 2.57. The lowest BCUT2D eigenvalue weighted by Crippen LogP contribution is -2.31. The van der Waals surface area contributed by atoms with Crippen molar-refractivity contribution in [2.45, 2.75) is 24.2 Å². The predicted molar refractivity (Wildman–Crippen MR) is 67.5 cm³/mol. The highest BCUT2D eigenvalue weighted by Gasteiger charge is 2.23. The Morgan fingerprint density at radius 2 is 2.22 bits per heavy atom. The lowest BCUT2D eigenvalue weighted by Gasteiger charge is -2.25. The highest BCUT2D eigenvalue weighted by Crippen LogP contribution is 2.26. The standard InChI is InChI=1S/C10H13BrN2O4S/c11-9-8(18(12,15)16)4-7(17-9)10(14)13-5-6-2-1-3-6/h4,6H,1-3,5H2,(H,13,14)(H2,12,15,16). The molecule has 0 aliphatic heterocycles. The van der Waals surface area contributed by atoms with Crippen LogP contribution in [0.5, 0.6) is 0 Å². The molecule has 0 spiro atoms. The molecule has 3 N–H and O–H groups in total. The first-order chi connectivity index (χ1) is 8.38. The van der Waals surface area contributed by atoms with Gasteiger partial charge in [-0.15, -0.1) is 0 Å². The molecule has 8 heteroatoms. The van der Waals surface area contributed by atoms with Gasteiger partial charge in [-0.1, -0.05) is 6.42 Å². The number of halogens is 1. The summed E-state index contributed by atoms with van der Waals surface area (Å²) in [6, 6.07) is 1.12. The van der Waals surface area contributed by atoms with E-state index in [0.29, 0.717) is 12.5 Å². The summed E-state index contributed by atoms with van der Waals surface area (Å²) in [5.74, 6) is 0.0211. The first kappa shape index (κ1) is 13.6. The summed E-state index contributed by atoms with van der Waals surface area (Å²) in [7, 11) is -3.89. The van der Waals surface area contributed by atoms with Gasteiger partial charge in [0.2, 0.25) is 10.0 Å². The molecule has 6 nitrogen and oxygen atoms in total. The molecule has 0 bridgehead atoms. The van der Waals surface area contributed by atoms with Gasteiger partial charge in [-0.05, 0) is 34.7 Å². The maximum atomic E-state index is 11.7. The second kappa shape index (κ2) is 5.02. The zero-order valence-corrected chi connectivity index (χ0v) is 11.9. The third kappa shape index (κ3) is 2.93. The Morgan fingerprint density at radius 3 is 2.67 bits per heavy atom. The molecule has 0 radical (unpaired) electrons. The van der Waals surface area contributed by atoms with Crippen LogP contribution in [0.25, 0.3) is 0 Å². The number of nitrogens with one attached hydrogen (secondary N) is 1. The topological polar surface area (TPSA) is 102 Å². The minimum Gasteiger partial charge on any atom is -0.443 e. The Morgan fingerprint density at radius 1 is 1.56 bits per heavy atom. The van der Waals surface area contributed by atoms with Crippen molar-refractivity contribution in [2.24, 2.45) is 11.1 Å². The van der Waals surface area contributed by atoms with E-state index in [1.54, 1.807) is 0 Å². The SMILES string of the molecule is NS(=O)(=O)c1cc(C(=O)NCC2CCC2)oc1Br. The summed E-state index contributed by atoms with van der Waals surface area (Å²) < 4.78 is 27.3. The fourth-order valence-corrected chi connectivity index (χ4v) is 3.18. The zero-order chi connectivity index (χ0) is 13.3. The zero-order valence-electron chi connectivity index (χ0n) is 9.48. The quantitative estimate of drug-likeness (QED) is 0.862. The van der Waals surface area contributed by atoms with Crippen molar-refractivity contribution < 1.29 is 17.6 Å². The maximum Gasteiger partial charge on any atom is 0.287 e. The van der Waals surface area contributed by atoms with E-state index < -0.39 is 15.9 Å². The van der Waals surface area contributed by atoms with Gasteiger partial charge in [0.15, 0.2) is 10.4 Å². The van der Waals surface area contributed by atoms with E-state index in [9.17, 15) is 13.2 Å². The second-order valence-electron chi connectivity index (χ2n) is 4.30. The van der Waals surface area contributed by atoms with Crippen LogP contribution in [0.2, 0.25) is 0 Å². The fourth-order valence-electron chi connectivity index (χ4n) is 1.68. The Bertz CT molecular complexity index is 562. The number of primary sulfonamides is 1. The molecule has 1 amide bonds. The molecule has 1 aromatic rings. The van der Waals surface area contributed by atoms with Gasteiger partial charge >= 0.3 is 0 Å². The van der Waals surface area contributed by atoms with Crippen LogP contribution >= 0.6 is 15.9 Å². The summed E-state index contributed by atoms with van der Waals surface area (Å²) in [6.45, 7) is 0.585. The number of hydrogen-bond acceptors (Lipinski definition) is 4. The van der Waals surface area contributed by atoms with Gasteiger partial charge in [-0.2, -0.15) is 0 Å². The van der Waals surface area contributed by atoms with Gasteiger partial charge in [0.25, 0.3) is 5.91 Å². The maximum absolute atomic E-state index is 11.7. The molecule has 100 valence electrons. The molecule has 1 fully saturated rings. The molecule has 1 saturated carbocycles. The monoisotopic (exact) mass is 336 g/mol. The Hall–Kier alpha value is -0.860. The minimum atomic E-state index is -3.89.